The first kappa shape index (κ1) is 6.30. The second kappa shape index (κ2) is 2.32. The number of nitrogens with two attached hydrogens (primary N) is 1. The summed E-state index contributed by atoms with van der Waals surface area (Å²) in [6.07, 6.45) is 3.39. The molecule has 0 saturated carbocycles. The summed E-state index contributed by atoms with van der Waals surface area (Å²) >= 11 is 0. The molecule has 0 saturated heterocycles. The van der Waals surface area contributed by atoms with Crippen molar-refractivity contribution in [3.63, 3.8) is 0 Å². The molecule has 2 aromatic rings. The van der Waals surface area contributed by atoms with E-state index in [1.54, 1.807) is 12.5 Å². The monoisotopic (exact) mass is 148 g/mol. The Hall–Kier alpha value is -1.42. The van der Waals surface area contributed by atoms with Gasteiger partial charge in [-0.3, -0.25) is 4.98 Å². The van der Waals surface area contributed by atoms with Crippen LogP contribution in [-0.4, -0.2) is 15.0 Å². The molecule has 0 radical (unpaired) electrons. The molecule has 2 aromatic heterocycles. The zero-order valence-electron chi connectivity index (χ0n) is 5.91. The van der Waals surface area contributed by atoms with Crippen LogP contribution in [0.2, 0.25) is 0 Å². The van der Waals surface area contributed by atoms with Crippen LogP contribution in [0.1, 0.15) is 5.69 Å². The number of aromatic amines is 1. The third-order valence-electron chi connectivity index (χ3n) is 1.57. The summed E-state index contributed by atoms with van der Waals surface area (Å²) in [7, 11) is 0. The smallest absolute Gasteiger partial charge is 0.0932 e. The van der Waals surface area contributed by atoms with Gasteiger partial charge in [-0.25, -0.2) is 4.98 Å². The van der Waals surface area contributed by atoms with Crippen molar-refractivity contribution < 1.29 is 0 Å². The van der Waals surface area contributed by atoms with Gasteiger partial charge in [-0.15, -0.1) is 0 Å². The van der Waals surface area contributed by atoms with E-state index in [4.69, 9.17) is 5.73 Å². The molecule has 0 aliphatic heterocycles. The zero-order valence-corrected chi connectivity index (χ0v) is 5.91. The molecular formula is C7H8N4. The second-order valence-electron chi connectivity index (χ2n) is 2.30. The van der Waals surface area contributed by atoms with E-state index in [2.05, 4.69) is 15.0 Å². The van der Waals surface area contributed by atoms with Crippen LogP contribution < -0.4 is 5.73 Å². The number of pyridine rings is 1. The number of hydrogen-bond acceptors (Lipinski definition) is 3. The molecule has 3 N–H and O–H groups in total. The van der Waals surface area contributed by atoms with Gasteiger partial charge >= 0.3 is 0 Å². The highest BCUT2D eigenvalue weighted by atomic mass is 14.9. The number of nitrogens with one attached hydrogen (secondary N) is 1. The van der Waals surface area contributed by atoms with Crippen molar-refractivity contribution in [3.05, 3.63) is 24.3 Å². The number of nitrogens with zero attached hydrogens (tertiary/aromatic N) is 2. The first-order valence-electron chi connectivity index (χ1n) is 3.38. The second-order valence-corrected chi connectivity index (χ2v) is 2.30. The maximum Gasteiger partial charge on any atom is 0.0932 e. The number of fused-ring (bicyclic) bond motifs is 1. The van der Waals surface area contributed by atoms with Crippen molar-refractivity contribution in [1.82, 2.24) is 15.0 Å². The van der Waals surface area contributed by atoms with Gasteiger partial charge in [-0.1, -0.05) is 0 Å². The maximum atomic E-state index is 5.41. The number of aromatic nitrogens is 3. The number of hydrogen-bond donors (Lipinski definition) is 2. The molecule has 56 valence electrons. The molecule has 4 nitrogen and oxygen atoms in total. The predicted octanol–water partition coefficient (Wildman–Crippen LogP) is 0.417. The van der Waals surface area contributed by atoms with Gasteiger partial charge in [0, 0.05) is 6.54 Å². The molecule has 0 bridgehead atoms. The summed E-state index contributed by atoms with van der Waals surface area (Å²) in [6, 6.07) is 1.88. The molecule has 0 spiro atoms. The molecule has 0 unspecified atom stereocenters. The van der Waals surface area contributed by atoms with E-state index >= 15 is 0 Å². The third-order valence-corrected chi connectivity index (χ3v) is 1.57. The lowest BCUT2D eigenvalue weighted by atomic mass is 10.3. The quantitative estimate of drug-likeness (QED) is 0.615. The lowest BCUT2D eigenvalue weighted by Gasteiger charge is -1.92. The number of imidazole rings is 1. The molecular weight excluding hydrogens is 140 g/mol. The first-order chi connectivity index (χ1) is 5.40. The highest BCUT2D eigenvalue weighted by Gasteiger charge is 1.96. The van der Waals surface area contributed by atoms with Crippen molar-refractivity contribution >= 4 is 11.0 Å². The molecule has 0 atom stereocenters. The van der Waals surface area contributed by atoms with Crippen molar-refractivity contribution in [2.75, 3.05) is 0 Å². The lowest BCUT2D eigenvalue weighted by molar-refractivity contribution is 0.996. The van der Waals surface area contributed by atoms with Crippen LogP contribution >= 0.6 is 0 Å². The summed E-state index contributed by atoms with van der Waals surface area (Å²) in [4.78, 5) is 11.1. The van der Waals surface area contributed by atoms with Crippen molar-refractivity contribution in [1.29, 1.82) is 0 Å². The Labute approximate surface area is 63.5 Å². The fourth-order valence-corrected chi connectivity index (χ4v) is 0.987. The highest BCUT2D eigenvalue weighted by molar-refractivity contribution is 5.73. The standard InChI is InChI=1S/C7H8N4/c8-2-5-1-6-7(3-9-5)11-4-10-6/h1,3-4H,2,8H2,(H,10,11). The number of H-pyrrole nitrogens is 1. The van der Waals surface area contributed by atoms with Crippen LogP contribution in [0, 0.1) is 0 Å². The Kier molecular flexibility index (Phi) is 1.33. The van der Waals surface area contributed by atoms with Crippen LogP contribution in [0.4, 0.5) is 0 Å². The van der Waals surface area contributed by atoms with E-state index in [1.807, 2.05) is 6.07 Å². The number of rotatable bonds is 1. The Balaban J connectivity index is 2.67. The average molecular weight is 148 g/mol. The Morgan fingerprint density at radius 3 is 3.18 bits per heavy atom. The van der Waals surface area contributed by atoms with Crippen molar-refractivity contribution in [2.45, 2.75) is 6.54 Å². The van der Waals surface area contributed by atoms with Crippen LogP contribution in [0.3, 0.4) is 0 Å². The highest BCUT2D eigenvalue weighted by Crippen LogP contribution is 2.07. The minimum Gasteiger partial charge on any atom is -0.343 e. The van der Waals surface area contributed by atoms with E-state index in [-0.39, 0.29) is 0 Å². The molecule has 2 rings (SSSR count). The normalized spacial score (nSPS) is 10.6. The van der Waals surface area contributed by atoms with Gasteiger partial charge in [0.25, 0.3) is 0 Å². The van der Waals surface area contributed by atoms with Gasteiger partial charge in [-0.2, -0.15) is 0 Å². The van der Waals surface area contributed by atoms with E-state index < -0.39 is 0 Å². The van der Waals surface area contributed by atoms with E-state index in [0.29, 0.717) is 6.54 Å². The van der Waals surface area contributed by atoms with E-state index in [0.717, 1.165) is 16.7 Å². The fourth-order valence-electron chi connectivity index (χ4n) is 0.987. The maximum absolute atomic E-state index is 5.41. The van der Waals surface area contributed by atoms with Crippen LogP contribution in [0.15, 0.2) is 18.6 Å². The summed E-state index contributed by atoms with van der Waals surface area (Å²) in [5.41, 5.74) is 8.14. The summed E-state index contributed by atoms with van der Waals surface area (Å²) in [6.45, 7) is 0.461. The topological polar surface area (TPSA) is 67.6 Å². The average Bonchev–Trinajstić information content (AvgIpc) is 2.50. The molecule has 0 amide bonds. The molecule has 2 heterocycles. The summed E-state index contributed by atoms with van der Waals surface area (Å²) in [5, 5.41) is 0. The molecule has 0 aliphatic rings. The van der Waals surface area contributed by atoms with Crippen molar-refractivity contribution in [3.8, 4) is 0 Å². The van der Waals surface area contributed by atoms with Gasteiger partial charge in [0.1, 0.15) is 0 Å². The van der Waals surface area contributed by atoms with Gasteiger partial charge in [0.2, 0.25) is 0 Å². The molecule has 4 heteroatoms. The lowest BCUT2D eigenvalue weighted by Crippen LogP contribution is -1.98. The summed E-state index contributed by atoms with van der Waals surface area (Å²) in [5.74, 6) is 0. The van der Waals surface area contributed by atoms with Crippen molar-refractivity contribution in [2.24, 2.45) is 5.73 Å². The minimum atomic E-state index is 0.461. The molecule has 0 aromatic carbocycles. The van der Waals surface area contributed by atoms with Crippen LogP contribution in [-0.2, 0) is 6.54 Å². The molecule has 11 heavy (non-hydrogen) atoms. The van der Waals surface area contributed by atoms with Crippen LogP contribution in [0.25, 0.3) is 11.0 Å². The largest absolute Gasteiger partial charge is 0.343 e. The van der Waals surface area contributed by atoms with Crippen LogP contribution in [0.5, 0.6) is 0 Å². The van der Waals surface area contributed by atoms with Gasteiger partial charge < -0.3 is 10.7 Å². The summed E-state index contributed by atoms with van der Waals surface area (Å²) < 4.78 is 0. The first-order valence-corrected chi connectivity index (χ1v) is 3.38. The zero-order chi connectivity index (χ0) is 7.68. The predicted molar refractivity (Wildman–Crippen MR) is 41.8 cm³/mol. The molecule has 0 fully saturated rings. The Morgan fingerprint density at radius 2 is 2.36 bits per heavy atom. The Bertz CT molecular complexity index is 365. The van der Waals surface area contributed by atoms with E-state index in [1.165, 1.54) is 0 Å². The SMILES string of the molecule is NCc1cc2nc[nH]c2cn1. The minimum absolute atomic E-state index is 0.461. The molecule has 0 aliphatic carbocycles. The third kappa shape index (κ3) is 0.969. The van der Waals surface area contributed by atoms with E-state index in [9.17, 15) is 0 Å². The Morgan fingerprint density at radius 1 is 1.45 bits per heavy atom. The fraction of sp³-hybridized carbons (Fsp3) is 0.143. The van der Waals surface area contributed by atoms with Gasteiger partial charge in [0.15, 0.2) is 0 Å². The van der Waals surface area contributed by atoms with Gasteiger partial charge in [-0.05, 0) is 6.07 Å². The van der Waals surface area contributed by atoms with Gasteiger partial charge in [0.05, 0.1) is 29.3 Å².